The lowest BCUT2D eigenvalue weighted by atomic mass is 9.93. The zero-order valence-electron chi connectivity index (χ0n) is 11.9. The van der Waals surface area contributed by atoms with Crippen molar-refractivity contribution < 1.29 is 0 Å². The average Bonchev–Trinajstić information content (AvgIpc) is 2.47. The van der Waals surface area contributed by atoms with Crippen LogP contribution in [0.25, 0.3) is 0 Å². The van der Waals surface area contributed by atoms with Crippen molar-refractivity contribution >= 4 is 5.69 Å². The predicted molar refractivity (Wildman–Crippen MR) is 82.5 cm³/mol. The highest BCUT2D eigenvalue weighted by Crippen LogP contribution is 2.30. The quantitative estimate of drug-likeness (QED) is 0.929. The molecule has 2 aromatic rings. The largest absolute Gasteiger partial charge is 0.367 e. The van der Waals surface area contributed by atoms with Crippen LogP contribution in [0.5, 0.6) is 0 Å². The van der Waals surface area contributed by atoms with E-state index >= 15 is 0 Å². The fraction of sp³-hybridized carbons (Fsp3) is 0.353. The summed E-state index contributed by atoms with van der Waals surface area (Å²) in [5.74, 6) is 0.683. The van der Waals surface area contributed by atoms with Gasteiger partial charge in [-0.2, -0.15) is 0 Å². The fourth-order valence-electron chi connectivity index (χ4n) is 3.06. The first-order chi connectivity index (χ1) is 9.78. The molecule has 1 aliphatic rings. The summed E-state index contributed by atoms with van der Waals surface area (Å²) in [6, 6.07) is 12.8. The van der Waals surface area contributed by atoms with Crippen LogP contribution in [0.2, 0.25) is 0 Å². The van der Waals surface area contributed by atoms with E-state index in [1.165, 1.54) is 23.2 Å². The second-order valence-electron chi connectivity index (χ2n) is 5.63. The van der Waals surface area contributed by atoms with Crippen LogP contribution in [-0.2, 0) is 19.5 Å². The zero-order valence-corrected chi connectivity index (χ0v) is 11.9. The number of hydrogen-bond acceptors (Lipinski definition) is 3. The van der Waals surface area contributed by atoms with E-state index < -0.39 is 0 Å². The van der Waals surface area contributed by atoms with Crippen LogP contribution in [0.3, 0.4) is 0 Å². The van der Waals surface area contributed by atoms with Crippen LogP contribution < -0.4 is 10.6 Å². The van der Waals surface area contributed by atoms with Crippen LogP contribution in [-0.4, -0.2) is 11.5 Å². The first-order valence-electron chi connectivity index (χ1n) is 7.23. The van der Waals surface area contributed by atoms with Gasteiger partial charge in [0.05, 0.1) is 5.69 Å². The number of anilines is 1. The molecule has 0 spiro atoms. The van der Waals surface area contributed by atoms with Gasteiger partial charge in [-0.25, -0.2) is 0 Å². The molecule has 20 heavy (non-hydrogen) atoms. The average molecular weight is 267 g/mol. The first-order valence-corrected chi connectivity index (χ1v) is 7.23. The van der Waals surface area contributed by atoms with Gasteiger partial charge in [-0.15, -0.1) is 0 Å². The van der Waals surface area contributed by atoms with E-state index in [0.29, 0.717) is 12.5 Å². The van der Waals surface area contributed by atoms with Gasteiger partial charge in [-0.3, -0.25) is 4.98 Å². The number of para-hydroxylation sites is 1. The summed E-state index contributed by atoms with van der Waals surface area (Å²) in [5, 5.41) is 0. The molecule has 1 atom stereocenters. The molecule has 0 amide bonds. The normalized spacial score (nSPS) is 17.9. The lowest BCUT2D eigenvalue weighted by Crippen LogP contribution is -2.34. The van der Waals surface area contributed by atoms with Crippen molar-refractivity contribution in [1.29, 1.82) is 0 Å². The predicted octanol–water partition coefficient (Wildman–Crippen LogP) is 2.74. The van der Waals surface area contributed by atoms with Gasteiger partial charge in [0.1, 0.15) is 0 Å². The lowest BCUT2D eigenvalue weighted by Gasteiger charge is -2.35. The van der Waals surface area contributed by atoms with Crippen LogP contribution in [0.4, 0.5) is 5.69 Å². The highest BCUT2D eigenvalue weighted by molar-refractivity contribution is 5.56. The fourth-order valence-corrected chi connectivity index (χ4v) is 3.06. The van der Waals surface area contributed by atoms with Crippen LogP contribution in [0, 0.1) is 5.92 Å². The van der Waals surface area contributed by atoms with Crippen molar-refractivity contribution in [3.8, 4) is 0 Å². The molecule has 0 radical (unpaired) electrons. The molecule has 104 valence electrons. The van der Waals surface area contributed by atoms with E-state index in [1.807, 2.05) is 12.3 Å². The maximum absolute atomic E-state index is 5.80. The summed E-state index contributed by atoms with van der Waals surface area (Å²) >= 11 is 0. The molecule has 0 bridgehead atoms. The molecule has 2 N–H and O–H groups in total. The molecule has 1 aromatic heterocycles. The van der Waals surface area contributed by atoms with Crippen molar-refractivity contribution in [2.24, 2.45) is 11.7 Å². The highest BCUT2D eigenvalue weighted by Gasteiger charge is 2.21. The molecule has 3 heteroatoms. The third-order valence-electron chi connectivity index (χ3n) is 3.97. The molecule has 1 aromatic carbocycles. The lowest BCUT2D eigenvalue weighted by molar-refractivity contribution is 0.529. The standard InChI is InChI=1S/C17H21N3/c1-13-9-14-5-2-3-7-17(14)20(11-13)12-15-6-4-8-19-16(15)10-18/h2-8,13H,9-12,18H2,1H3. The maximum Gasteiger partial charge on any atom is 0.0589 e. The Balaban J connectivity index is 1.91. The molecule has 0 aliphatic carbocycles. The van der Waals surface area contributed by atoms with E-state index in [0.717, 1.165) is 18.8 Å². The Hall–Kier alpha value is -1.87. The number of benzene rings is 1. The van der Waals surface area contributed by atoms with Gasteiger partial charge in [0.25, 0.3) is 0 Å². The van der Waals surface area contributed by atoms with Gasteiger partial charge in [-0.1, -0.05) is 31.2 Å². The summed E-state index contributed by atoms with van der Waals surface area (Å²) in [6.45, 7) is 4.80. The van der Waals surface area contributed by atoms with Crippen molar-refractivity contribution in [3.63, 3.8) is 0 Å². The molecule has 3 nitrogen and oxygen atoms in total. The SMILES string of the molecule is CC1Cc2ccccc2N(Cc2cccnc2CN)C1. The smallest absolute Gasteiger partial charge is 0.0589 e. The van der Waals surface area contributed by atoms with Crippen LogP contribution >= 0.6 is 0 Å². The Kier molecular flexibility index (Phi) is 3.70. The number of pyridine rings is 1. The van der Waals surface area contributed by atoms with E-state index in [-0.39, 0.29) is 0 Å². The minimum absolute atomic E-state index is 0.501. The van der Waals surface area contributed by atoms with E-state index in [4.69, 9.17) is 5.73 Å². The number of rotatable bonds is 3. The monoisotopic (exact) mass is 267 g/mol. The van der Waals surface area contributed by atoms with Gasteiger partial charge in [0.2, 0.25) is 0 Å². The Morgan fingerprint density at radius 2 is 2.10 bits per heavy atom. The Bertz CT molecular complexity index is 594. The van der Waals surface area contributed by atoms with Crippen LogP contribution in [0.15, 0.2) is 42.6 Å². The second kappa shape index (κ2) is 5.63. The molecular weight excluding hydrogens is 246 g/mol. The zero-order chi connectivity index (χ0) is 13.9. The van der Waals surface area contributed by atoms with Crippen molar-refractivity contribution in [3.05, 3.63) is 59.4 Å². The van der Waals surface area contributed by atoms with Gasteiger partial charge in [-0.05, 0) is 35.6 Å². The summed E-state index contributed by atoms with van der Waals surface area (Å²) in [6.07, 6.45) is 2.99. The molecule has 1 unspecified atom stereocenters. The number of aromatic nitrogens is 1. The van der Waals surface area contributed by atoms with Gasteiger partial charge < -0.3 is 10.6 Å². The Labute approximate surface area is 120 Å². The number of hydrogen-bond donors (Lipinski definition) is 1. The first kappa shape index (κ1) is 13.1. The minimum atomic E-state index is 0.501. The molecule has 3 rings (SSSR count). The molecular formula is C17H21N3. The molecule has 0 fully saturated rings. The minimum Gasteiger partial charge on any atom is -0.367 e. The van der Waals surface area contributed by atoms with Gasteiger partial charge in [0.15, 0.2) is 0 Å². The highest BCUT2D eigenvalue weighted by atomic mass is 15.1. The Morgan fingerprint density at radius 1 is 1.25 bits per heavy atom. The van der Waals surface area contributed by atoms with Crippen molar-refractivity contribution in [2.45, 2.75) is 26.4 Å². The summed E-state index contributed by atoms with van der Waals surface area (Å²) in [4.78, 5) is 6.84. The topological polar surface area (TPSA) is 42.2 Å². The summed E-state index contributed by atoms with van der Waals surface area (Å²) in [7, 11) is 0. The maximum atomic E-state index is 5.80. The van der Waals surface area contributed by atoms with Crippen molar-refractivity contribution in [1.82, 2.24) is 4.98 Å². The summed E-state index contributed by atoms with van der Waals surface area (Å²) < 4.78 is 0. The van der Waals surface area contributed by atoms with E-state index in [1.54, 1.807) is 0 Å². The number of nitrogens with two attached hydrogens (primary N) is 1. The molecule has 0 saturated heterocycles. The third kappa shape index (κ3) is 2.54. The molecule has 0 saturated carbocycles. The molecule has 1 aliphatic heterocycles. The summed E-state index contributed by atoms with van der Waals surface area (Å²) in [5.41, 5.74) is 10.8. The van der Waals surface area contributed by atoms with Crippen molar-refractivity contribution in [2.75, 3.05) is 11.4 Å². The van der Waals surface area contributed by atoms with Gasteiger partial charge in [0, 0.05) is 31.5 Å². The number of nitrogens with zero attached hydrogens (tertiary/aromatic N) is 2. The van der Waals surface area contributed by atoms with Crippen LogP contribution in [0.1, 0.15) is 23.7 Å². The number of fused-ring (bicyclic) bond motifs is 1. The van der Waals surface area contributed by atoms with Gasteiger partial charge >= 0.3 is 0 Å². The molecule has 2 heterocycles. The second-order valence-corrected chi connectivity index (χ2v) is 5.63. The van der Waals surface area contributed by atoms with E-state index in [2.05, 4.69) is 47.1 Å². The Morgan fingerprint density at radius 3 is 2.95 bits per heavy atom. The third-order valence-corrected chi connectivity index (χ3v) is 3.97. The van der Waals surface area contributed by atoms with E-state index in [9.17, 15) is 0 Å².